The molecule has 0 radical (unpaired) electrons. The molecule has 0 amide bonds. The van der Waals surface area contributed by atoms with Crippen LogP contribution in [0.15, 0.2) is 18.3 Å². The van der Waals surface area contributed by atoms with E-state index in [2.05, 4.69) is 15.4 Å². The zero-order chi connectivity index (χ0) is 11.7. The molecule has 17 heavy (non-hydrogen) atoms. The fraction of sp³-hybridized carbons (Fsp3) is 0.500. The van der Waals surface area contributed by atoms with E-state index in [1.807, 2.05) is 22.8 Å². The summed E-state index contributed by atoms with van der Waals surface area (Å²) in [5, 5.41) is 7.93. The van der Waals surface area contributed by atoms with E-state index in [4.69, 9.17) is 5.73 Å². The lowest BCUT2D eigenvalue weighted by Gasteiger charge is -2.26. The van der Waals surface area contributed by atoms with Crippen molar-refractivity contribution < 1.29 is 0 Å². The molecule has 0 saturated heterocycles. The van der Waals surface area contributed by atoms with E-state index in [1.54, 1.807) is 0 Å². The van der Waals surface area contributed by atoms with Gasteiger partial charge in [-0.2, -0.15) is 0 Å². The Bertz CT molecular complexity index is 515. The van der Waals surface area contributed by atoms with Crippen molar-refractivity contribution in [3.63, 3.8) is 0 Å². The standard InChI is InChI=1S/C12H17N5/c13-7-6-10-8-17-12(15-10)5-4-11(16-17)14-9-2-1-3-9/h4-5,8-9H,1-3,6-7,13H2,(H,14,16). The predicted octanol–water partition coefficient (Wildman–Crippen LogP) is 1.19. The number of hydrogen-bond donors (Lipinski definition) is 2. The van der Waals surface area contributed by atoms with E-state index in [0.29, 0.717) is 12.6 Å². The lowest BCUT2D eigenvalue weighted by Crippen LogP contribution is -2.27. The Morgan fingerprint density at radius 3 is 3.00 bits per heavy atom. The number of fused-ring (bicyclic) bond motifs is 1. The van der Waals surface area contributed by atoms with Gasteiger partial charge in [-0.25, -0.2) is 9.50 Å². The largest absolute Gasteiger partial charge is 0.366 e. The van der Waals surface area contributed by atoms with Crippen LogP contribution >= 0.6 is 0 Å². The van der Waals surface area contributed by atoms with Gasteiger partial charge in [-0.1, -0.05) is 0 Å². The molecule has 1 aliphatic carbocycles. The second-order valence-corrected chi connectivity index (χ2v) is 4.56. The summed E-state index contributed by atoms with van der Waals surface area (Å²) >= 11 is 0. The molecule has 0 bridgehead atoms. The van der Waals surface area contributed by atoms with Gasteiger partial charge in [0.25, 0.3) is 0 Å². The van der Waals surface area contributed by atoms with Crippen LogP contribution in [-0.4, -0.2) is 27.2 Å². The van der Waals surface area contributed by atoms with Gasteiger partial charge in [0.15, 0.2) is 5.65 Å². The number of imidazole rings is 1. The van der Waals surface area contributed by atoms with Crippen LogP contribution in [0.3, 0.4) is 0 Å². The molecule has 1 aliphatic rings. The molecule has 3 N–H and O–H groups in total. The van der Waals surface area contributed by atoms with Crippen molar-refractivity contribution in [3.8, 4) is 0 Å². The highest BCUT2D eigenvalue weighted by atomic mass is 15.3. The molecule has 5 heteroatoms. The zero-order valence-corrected chi connectivity index (χ0v) is 9.76. The van der Waals surface area contributed by atoms with Gasteiger partial charge in [-0.15, -0.1) is 5.10 Å². The van der Waals surface area contributed by atoms with E-state index >= 15 is 0 Å². The lowest BCUT2D eigenvalue weighted by atomic mass is 9.93. The van der Waals surface area contributed by atoms with Crippen LogP contribution in [0.2, 0.25) is 0 Å². The number of rotatable bonds is 4. The number of aromatic nitrogens is 3. The van der Waals surface area contributed by atoms with Gasteiger partial charge in [0.05, 0.1) is 11.9 Å². The number of nitrogens with two attached hydrogens (primary N) is 1. The molecule has 2 aromatic rings. The van der Waals surface area contributed by atoms with Crippen molar-refractivity contribution in [2.24, 2.45) is 5.73 Å². The third kappa shape index (κ3) is 2.10. The van der Waals surface area contributed by atoms with Gasteiger partial charge >= 0.3 is 0 Å². The van der Waals surface area contributed by atoms with Crippen LogP contribution in [0.25, 0.3) is 5.65 Å². The monoisotopic (exact) mass is 231 g/mol. The molecule has 90 valence electrons. The minimum Gasteiger partial charge on any atom is -0.366 e. The van der Waals surface area contributed by atoms with Crippen LogP contribution < -0.4 is 11.1 Å². The average molecular weight is 231 g/mol. The summed E-state index contributed by atoms with van der Waals surface area (Å²) in [6.45, 7) is 0.622. The smallest absolute Gasteiger partial charge is 0.153 e. The quantitative estimate of drug-likeness (QED) is 0.829. The van der Waals surface area contributed by atoms with Crippen molar-refractivity contribution in [1.82, 2.24) is 14.6 Å². The Hall–Kier alpha value is -1.62. The fourth-order valence-corrected chi connectivity index (χ4v) is 2.04. The van der Waals surface area contributed by atoms with Crippen LogP contribution in [-0.2, 0) is 6.42 Å². The Morgan fingerprint density at radius 2 is 2.29 bits per heavy atom. The lowest BCUT2D eigenvalue weighted by molar-refractivity contribution is 0.444. The summed E-state index contributed by atoms with van der Waals surface area (Å²) in [5.41, 5.74) is 7.40. The summed E-state index contributed by atoms with van der Waals surface area (Å²) in [7, 11) is 0. The number of hydrogen-bond acceptors (Lipinski definition) is 4. The minimum atomic E-state index is 0.604. The van der Waals surface area contributed by atoms with Crippen molar-refractivity contribution >= 4 is 11.5 Å². The van der Waals surface area contributed by atoms with E-state index in [0.717, 1.165) is 23.6 Å². The van der Waals surface area contributed by atoms with Gasteiger partial charge < -0.3 is 11.1 Å². The highest BCUT2D eigenvalue weighted by Gasteiger charge is 2.17. The van der Waals surface area contributed by atoms with Crippen LogP contribution in [0, 0.1) is 0 Å². The predicted molar refractivity (Wildman–Crippen MR) is 67.0 cm³/mol. The zero-order valence-electron chi connectivity index (χ0n) is 9.76. The van der Waals surface area contributed by atoms with Gasteiger partial charge in [0, 0.05) is 12.5 Å². The van der Waals surface area contributed by atoms with Gasteiger partial charge in [0.2, 0.25) is 0 Å². The molecule has 5 nitrogen and oxygen atoms in total. The van der Waals surface area contributed by atoms with E-state index < -0.39 is 0 Å². The number of anilines is 1. The third-order valence-electron chi connectivity index (χ3n) is 3.23. The summed E-state index contributed by atoms with van der Waals surface area (Å²) in [6, 6.07) is 4.59. The molecule has 0 atom stereocenters. The van der Waals surface area contributed by atoms with Gasteiger partial charge in [-0.3, -0.25) is 0 Å². The van der Waals surface area contributed by atoms with E-state index in [-0.39, 0.29) is 0 Å². The van der Waals surface area contributed by atoms with Crippen LogP contribution in [0.5, 0.6) is 0 Å². The van der Waals surface area contributed by atoms with Crippen molar-refractivity contribution in [2.45, 2.75) is 31.7 Å². The first-order valence-electron chi connectivity index (χ1n) is 6.17. The first-order valence-corrected chi connectivity index (χ1v) is 6.17. The topological polar surface area (TPSA) is 68.2 Å². The SMILES string of the molecule is NCCc1cn2nc(NC3CCC3)ccc2n1. The Kier molecular flexibility index (Phi) is 2.68. The highest BCUT2D eigenvalue weighted by Crippen LogP contribution is 2.22. The normalized spacial score (nSPS) is 16.1. The maximum Gasteiger partial charge on any atom is 0.153 e. The first-order chi connectivity index (χ1) is 8.35. The van der Waals surface area contributed by atoms with Crippen molar-refractivity contribution in [2.75, 3.05) is 11.9 Å². The molecule has 1 saturated carbocycles. The Balaban J connectivity index is 1.83. The number of nitrogens with zero attached hydrogens (tertiary/aromatic N) is 3. The second kappa shape index (κ2) is 4.33. The molecule has 0 aliphatic heterocycles. The highest BCUT2D eigenvalue weighted by molar-refractivity contribution is 5.45. The summed E-state index contributed by atoms with van der Waals surface area (Å²) in [4.78, 5) is 4.45. The molecule has 1 fully saturated rings. The van der Waals surface area contributed by atoms with Crippen molar-refractivity contribution in [3.05, 3.63) is 24.0 Å². The van der Waals surface area contributed by atoms with Crippen molar-refractivity contribution in [1.29, 1.82) is 0 Å². The third-order valence-corrected chi connectivity index (χ3v) is 3.23. The number of nitrogens with one attached hydrogen (secondary N) is 1. The molecule has 2 aromatic heterocycles. The van der Waals surface area contributed by atoms with Gasteiger partial charge in [0.1, 0.15) is 5.82 Å². The molecule has 2 heterocycles. The van der Waals surface area contributed by atoms with Gasteiger partial charge in [-0.05, 0) is 37.9 Å². The van der Waals surface area contributed by atoms with E-state index in [1.165, 1.54) is 19.3 Å². The summed E-state index contributed by atoms with van der Waals surface area (Å²) in [6.07, 6.45) is 6.58. The summed E-state index contributed by atoms with van der Waals surface area (Å²) in [5.74, 6) is 0.930. The van der Waals surface area contributed by atoms with Crippen LogP contribution in [0.4, 0.5) is 5.82 Å². The molecule has 3 rings (SSSR count). The Morgan fingerprint density at radius 1 is 1.41 bits per heavy atom. The maximum absolute atomic E-state index is 5.52. The van der Waals surface area contributed by atoms with Crippen LogP contribution in [0.1, 0.15) is 25.0 Å². The molecular weight excluding hydrogens is 214 g/mol. The Labute approximate surface area is 100 Å². The molecule has 0 spiro atoms. The maximum atomic E-state index is 5.52. The minimum absolute atomic E-state index is 0.604. The van der Waals surface area contributed by atoms with E-state index in [9.17, 15) is 0 Å². The molecule has 0 aromatic carbocycles. The molecule has 0 unspecified atom stereocenters. The second-order valence-electron chi connectivity index (χ2n) is 4.56. The fourth-order valence-electron chi connectivity index (χ4n) is 2.04. The molecular formula is C12H17N5. The first kappa shape index (κ1) is 10.5. The summed E-state index contributed by atoms with van der Waals surface area (Å²) < 4.78 is 1.83. The average Bonchev–Trinajstić information content (AvgIpc) is 2.65.